The number of sulfonamides is 1. The molecule has 12 heteroatoms. The van der Waals surface area contributed by atoms with Crippen LogP contribution in [0.25, 0.3) is 0 Å². The van der Waals surface area contributed by atoms with E-state index in [1.165, 1.54) is 0 Å². The topological polar surface area (TPSA) is 134 Å². The third-order valence-corrected chi connectivity index (χ3v) is 10.6. The van der Waals surface area contributed by atoms with Crippen LogP contribution in [0.2, 0.25) is 0 Å². The van der Waals surface area contributed by atoms with Crippen LogP contribution < -0.4 is 15.4 Å². The molecule has 0 saturated carbocycles. The van der Waals surface area contributed by atoms with Crippen molar-refractivity contribution in [1.82, 2.24) is 14.7 Å². The summed E-state index contributed by atoms with van der Waals surface area (Å²) >= 11 is 0. The predicted molar refractivity (Wildman–Crippen MR) is 150 cm³/mol. The van der Waals surface area contributed by atoms with E-state index in [-0.39, 0.29) is 48.2 Å². The maximum absolute atomic E-state index is 13.6. The summed E-state index contributed by atoms with van der Waals surface area (Å²) in [6, 6.07) is 13.3. The third-order valence-electron chi connectivity index (χ3n) is 8.44. The Balaban J connectivity index is 1.01. The average molecular weight is 583 g/mol. The minimum atomic E-state index is -3.48. The Morgan fingerprint density at radius 3 is 2.39 bits per heavy atom. The van der Waals surface area contributed by atoms with Crippen LogP contribution in [0, 0.1) is 5.92 Å². The fraction of sp³-hybridized carbons (Fsp3) is 0.483. The maximum Gasteiger partial charge on any atom is 0.357 e. The summed E-state index contributed by atoms with van der Waals surface area (Å²) < 4.78 is 34.2. The number of nitrogens with zero attached hydrogens (tertiary/aromatic N) is 2. The first-order chi connectivity index (χ1) is 19.7. The number of carbonyl (C=O) groups is 3. The largest absolute Gasteiger partial charge is 0.482 e. The van der Waals surface area contributed by atoms with Gasteiger partial charge in [0.1, 0.15) is 5.75 Å². The minimum Gasteiger partial charge on any atom is -0.482 e. The summed E-state index contributed by atoms with van der Waals surface area (Å²) in [5.41, 5.74) is 1.37. The predicted octanol–water partition coefficient (Wildman–Crippen LogP) is 2.56. The zero-order valence-electron chi connectivity index (χ0n) is 22.7. The van der Waals surface area contributed by atoms with Gasteiger partial charge in [-0.2, -0.15) is 4.31 Å². The van der Waals surface area contributed by atoms with Crippen molar-refractivity contribution in [3.8, 4) is 5.75 Å². The van der Waals surface area contributed by atoms with Gasteiger partial charge in [0, 0.05) is 36.8 Å². The average Bonchev–Trinajstić information content (AvgIpc) is 3.26. The highest BCUT2D eigenvalue weighted by Gasteiger charge is 2.47. The Bertz CT molecular complexity index is 1410. The Morgan fingerprint density at radius 2 is 1.68 bits per heavy atom. The Morgan fingerprint density at radius 1 is 0.976 bits per heavy atom. The van der Waals surface area contributed by atoms with Crippen molar-refractivity contribution in [3.05, 3.63) is 59.7 Å². The third kappa shape index (κ3) is 6.09. The fourth-order valence-electron chi connectivity index (χ4n) is 6.49. The second-order valence-corrected chi connectivity index (χ2v) is 13.2. The summed E-state index contributed by atoms with van der Waals surface area (Å²) in [6.45, 7) is 0.947. The lowest BCUT2D eigenvalue weighted by molar-refractivity contribution is -0.125. The molecule has 2 aromatic carbocycles. The highest BCUT2D eigenvalue weighted by atomic mass is 32.2. The summed E-state index contributed by atoms with van der Waals surface area (Å²) in [5.74, 6) is -0.324. The number of ether oxygens (including phenoxy) is 1. The molecule has 6 rings (SSSR count). The van der Waals surface area contributed by atoms with Crippen molar-refractivity contribution >= 4 is 33.5 Å². The molecule has 0 aromatic heterocycles. The monoisotopic (exact) mass is 582 g/mol. The number of fused-ring (bicyclic) bond motifs is 3. The van der Waals surface area contributed by atoms with E-state index in [4.69, 9.17) is 9.57 Å². The van der Waals surface area contributed by atoms with E-state index in [9.17, 15) is 22.8 Å². The molecule has 1 unspecified atom stereocenters. The lowest BCUT2D eigenvalue weighted by Crippen LogP contribution is -2.53. The molecule has 4 heterocycles. The van der Waals surface area contributed by atoms with Crippen molar-refractivity contribution < 1.29 is 32.4 Å². The number of amides is 2. The van der Waals surface area contributed by atoms with Crippen molar-refractivity contribution in [1.29, 1.82) is 0 Å². The molecule has 3 atom stereocenters. The standard InChI is InChI=1S/C29H34N4O7S/c34-27-17-39-26-9-6-21(14-25(26)31-27)28(35)30-22-15-23-7-8-24(16-22)33(23)41(37,38)18-19-10-12-32(13-11-19)40-29(36)20-4-2-1-3-5-20/h1-6,9,14,19,22-24H,7-8,10-13,15-18H2,(H,30,35)(H,31,34)/t22?,23-,24+. The van der Waals surface area contributed by atoms with Gasteiger partial charge in [0.2, 0.25) is 10.0 Å². The molecule has 11 nitrogen and oxygen atoms in total. The zero-order chi connectivity index (χ0) is 28.6. The second-order valence-electron chi connectivity index (χ2n) is 11.3. The normalized spacial score (nSPS) is 25.1. The van der Waals surface area contributed by atoms with E-state index in [2.05, 4.69) is 10.6 Å². The van der Waals surface area contributed by atoms with E-state index < -0.39 is 16.0 Å². The molecule has 41 heavy (non-hydrogen) atoms. The number of hydrogen-bond donors (Lipinski definition) is 2. The Kier molecular flexibility index (Phi) is 7.71. The SMILES string of the molecule is O=C1COc2ccc(C(=O)NC3C[C@H]4CC[C@@H](C3)N4S(=O)(=O)CC3CCN(OC(=O)c4ccccc4)CC3)cc2N1. The van der Waals surface area contributed by atoms with Gasteiger partial charge in [0.25, 0.3) is 11.8 Å². The lowest BCUT2D eigenvalue weighted by atomic mass is 9.99. The van der Waals surface area contributed by atoms with E-state index in [0.717, 1.165) is 12.8 Å². The summed E-state index contributed by atoms with van der Waals surface area (Å²) in [7, 11) is -3.48. The van der Waals surface area contributed by atoms with Gasteiger partial charge < -0.3 is 20.2 Å². The molecule has 2 bridgehead atoms. The molecular formula is C29H34N4O7S. The van der Waals surface area contributed by atoms with Gasteiger partial charge in [-0.15, -0.1) is 5.06 Å². The van der Waals surface area contributed by atoms with Gasteiger partial charge in [-0.05, 0) is 74.8 Å². The van der Waals surface area contributed by atoms with Gasteiger partial charge >= 0.3 is 5.97 Å². The molecule has 4 aliphatic heterocycles. The van der Waals surface area contributed by atoms with E-state index in [1.54, 1.807) is 51.8 Å². The van der Waals surface area contributed by atoms with Gasteiger partial charge in [-0.25, -0.2) is 13.2 Å². The molecule has 3 fully saturated rings. The molecule has 2 N–H and O–H groups in total. The van der Waals surface area contributed by atoms with Crippen LogP contribution in [-0.2, 0) is 19.7 Å². The molecule has 0 aliphatic carbocycles. The number of rotatable bonds is 7. The molecule has 0 spiro atoms. The van der Waals surface area contributed by atoms with E-state index in [0.29, 0.717) is 61.3 Å². The summed E-state index contributed by atoms with van der Waals surface area (Å²) in [6.07, 6.45) is 3.98. The van der Waals surface area contributed by atoms with Crippen LogP contribution in [0.3, 0.4) is 0 Å². The summed E-state index contributed by atoms with van der Waals surface area (Å²) in [4.78, 5) is 42.5. The van der Waals surface area contributed by atoms with Gasteiger partial charge in [-0.3, -0.25) is 9.59 Å². The molecule has 218 valence electrons. The Labute approximate surface area is 239 Å². The molecular weight excluding hydrogens is 548 g/mol. The molecule has 4 aliphatic rings. The van der Waals surface area contributed by atoms with Crippen LogP contribution in [-0.4, -0.2) is 79.1 Å². The molecule has 2 amide bonds. The first kappa shape index (κ1) is 27.7. The van der Waals surface area contributed by atoms with Gasteiger partial charge in [-0.1, -0.05) is 18.2 Å². The summed E-state index contributed by atoms with van der Waals surface area (Å²) in [5, 5.41) is 7.42. The number of nitrogens with one attached hydrogen (secondary N) is 2. The lowest BCUT2D eigenvalue weighted by Gasteiger charge is -2.39. The first-order valence-electron chi connectivity index (χ1n) is 14.2. The fourth-order valence-corrected chi connectivity index (χ4v) is 8.89. The highest BCUT2D eigenvalue weighted by Crippen LogP contribution is 2.39. The van der Waals surface area contributed by atoms with Crippen molar-refractivity contribution in [2.24, 2.45) is 5.92 Å². The smallest absolute Gasteiger partial charge is 0.357 e. The number of hydroxylamine groups is 2. The zero-order valence-corrected chi connectivity index (χ0v) is 23.5. The number of carbonyl (C=O) groups excluding carboxylic acids is 3. The van der Waals surface area contributed by atoms with Crippen molar-refractivity contribution in [2.75, 3.05) is 30.8 Å². The van der Waals surface area contributed by atoms with E-state index in [1.807, 2.05) is 6.07 Å². The highest BCUT2D eigenvalue weighted by molar-refractivity contribution is 7.89. The van der Waals surface area contributed by atoms with Crippen LogP contribution in [0.1, 0.15) is 59.2 Å². The minimum absolute atomic E-state index is 0.00279. The van der Waals surface area contributed by atoms with Gasteiger partial charge in [0.05, 0.1) is 17.0 Å². The van der Waals surface area contributed by atoms with Crippen molar-refractivity contribution in [3.63, 3.8) is 0 Å². The van der Waals surface area contributed by atoms with Crippen LogP contribution in [0.5, 0.6) is 5.75 Å². The number of benzene rings is 2. The number of anilines is 1. The number of hydrogen-bond acceptors (Lipinski definition) is 8. The van der Waals surface area contributed by atoms with Gasteiger partial charge in [0.15, 0.2) is 6.61 Å². The first-order valence-corrected chi connectivity index (χ1v) is 15.8. The molecule has 3 saturated heterocycles. The Hall–Kier alpha value is -3.48. The maximum atomic E-state index is 13.6. The van der Waals surface area contributed by atoms with Crippen LogP contribution in [0.4, 0.5) is 5.69 Å². The van der Waals surface area contributed by atoms with Crippen molar-refractivity contribution in [2.45, 2.75) is 56.7 Å². The number of piperidine rings is 2. The van der Waals surface area contributed by atoms with E-state index >= 15 is 0 Å². The van der Waals surface area contributed by atoms with Crippen LogP contribution >= 0.6 is 0 Å². The molecule has 0 radical (unpaired) electrons. The quantitative estimate of drug-likeness (QED) is 0.509. The molecule has 2 aromatic rings. The van der Waals surface area contributed by atoms with Crippen LogP contribution in [0.15, 0.2) is 48.5 Å². The second kappa shape index (κ2) is 11.4.